The van der Waals surface area contributed by atoms with Crippen molar-refractivity contribution < 1.29 is 21.6 Å². The van der Waals surface area contributed by atoms with E-state index >= 15 is 0 Å². The zero-order valence-electron chi connectivity index (χ0n) is 21.2. The first-order chi connectivity index (χ1) is 18.5. The van der Waals surface area contributed by atoms with Crippen LogP contribution in [0.3, 0.4) is 0 Å². The Kier molecular flexibility index (Phi) is 7.52. The van der Waals surface area contributed by atoms with Gasteiger partial charge >= 0.3 is 0 Å². The van der Waals surface area contributed by atoms with E-state index in [4.69, 9.17) is 11.6 Å². The number of hydrogen-bond donors (Lipinski definition) is 1. The van der Waals surface area contributed by atoms with Gasteiger partial charge in [-0.25, -0.2) is 21.6 Å². The molecule has 1 N–H and O–H groups in total. The molecule has 1 saturated heterocycles. The molecule has 202 valence electrons. The van der Waals surface area contributed by atoms with E-state index in [1.807, 2.05) is 0 Å². The van der Waals surface area contributed by atoms with Gasteiger partial charge in [0, 0.05) is 42.0 Å². The summed E-state index contributed by atoms with van der Waals surface area (Å²) in [5.74, 6) is -0.152. The predicted octanol–water partition coefficient (Wildman–Crippen LogP) is 5.00. The second kappa shape index (κ2) is 10.7. The van der Waals surface area contributed by atoms with Crippen LogP contribution in [0, 0.1) is 5.92 Å². The summed E-state index contributed by atoms with van der Waals surface area (Å²) in [6.45, 7) is 1.20. The number of sulfone groups is 1. The van der Waals surface area contributed by atoms with Gasteiger partial charge in [0.25, 0.3) is 5.91 Å². The van der Waals surface area contributed by atoms with Crippen molar-refractivity contribution in [2.24, 2.45) is 5.92 Å². The lowest BCUT2D eigenvalue weighted by Crippen LogP contribution is -2.33. The lowest BCUT2D eigenvalue weighted by molar-refractivity contribution is 0.0787. The number of carbonyl (C=O) groups is 1. The summed E-state index contributed by atoms with van der Waals surface area (Å²) >= 11 is 6.02. The average molecular weight is 583 g/mol. The van der Waals surface area contributed by atoms with E-state index in [0.29, 0.717) is 41.2 Å². The summed E-state index contributed by atoms with van der Waals surface area (Å²) in [6, 6.07) is 23.9. The van der Waals surface area contributed by atoms with Crippen LogP contribution in [0.4, 0.5) is 0 Å². The number of nitrogens with zero attached hydrogens (tertiary/aromatic N) is 1. The molecule has 0 bridgehead atoms. The van der Waals surface area contributed by atoms with Crippen molar-refractivity contribution in [1.82, 2.24) is 9.62 Å². The Morgan fingerprint density at radius 3 is 2.36 bits per heavy atom. The highest BCUT2D eigenvalue weighted by molar-refractivity contribution is 7.90. The van der Waals surface area contributed by atoms with E-state index in [9.17, 15) is 21.6 Å². The average Bonchev–Trinajstić information content (AvgIpc) is 3.40. The third-order valence-electron chi connectivity index (χ3n) is 6.95. The first-order valence-corrected chi connectivity index (χ1v) is 16.1. The van der Waals surface area contributed by atoms with Crippen molar-refractivity contribution in [2.75, 3.05) is 25.9 Å². The number of nitrogens with one attached hydrogen (secondary N) is 1. The third kappa shape index (κ3) is 6.01. The molecule has 1 atom stereocenters. The number of fused-ring (bicyclic) bond motifs is 1. The van der Waals surface area contributed by atoms with Crippen molar-refractivity contribution in [3.8, 4) is 11.1 Å². The lowest BCUT2D eigenvalue weighted by Gasteiger charge is -2.17. The number of halogens is 1. The second-order valence-electron chi connectivity index (χ2n) is 9.76. The highest BCUT2D eigenvalue weighted by Crippen LogP contribution is 2.28. The molecule has 7 nitrogen and oxygen atoms in total. The molecule has 4 aromatic rings. The normalized spacial score (nSPS) is 16.1. The largest absolute Gasteiger partial charge is 0.338 e. The van der Waals surface area contributed by atoms with Crippen molar-refractivity contribution >= 4 is 48.1 Å². The Balaban J connectivity index is 1.22. The van der Waals surface area contributed by atoms with Gasteiger partial charge in [-0.2, -0.15) is 0 Å². The fraction of sp³-hybridized carbons (Fsp3) is 0.207. The van der Waals surface area contributed by atoms with Crippen LogP contribution < -0.4 is 4.72 Å². The summed E-state index contributed by atoms with van der Waals surface area (Å²) in [5.41, 5.74) is 1.79. The van der Waals surface area contributed by atoms with Gasteiger partial charge in [0.15, 0.2) is 9.84 Å². The Hall–Kier alpha value is -3.24. The SMILES string of the molecule is CS(=O)(=O)c1ccccc1-c1ccc(C(=O)N2CCC(CNS(=O)(=O)c3ccc4cc(Cl)ccc4c3)C2)cc1. The lowest BCUT2D eigenvalue weighted by atomic mass is 10.0. The quantitative estimate of drug-likeness (QED) is 0.330. The monoisotopic (exact) mass is 582 g/mol. The van der Waals surface area contributed by atoms with Crippen LogP contribution in [0.25, 0.3) is 21.9 Å². The predicted molar refractivity (Wildman–Crippen MR) is 153 cm³/mol. The third-order valence-corrected chi connectivity index (χ3v) is 9.76. The van der Waals surface area contributed by atoms with Gasteiger partial charge in [0.2, 0.25) is 10.0 Å². The summed E-state index contributed by atoms with van der Waals surface area (Å²) in [4.78, 5) is 15.3. The number of likely N-dealkylation sites (tertiary alicyclic amines) is 1. The number of amides is 1. The van der Waals surface area contributed by atoms with Crippen molar-refractivity contribution in [3.63, 3.8) is 0 Å². The molecule has 0 spiro atoms. The number of carbonyl (C=O) groups excluding carboxylic acids is 1. The van der Waals surface area contributed by atoms with Gasteiger partial charge < -0.3 is 4.90 Å². The van der Waals surface area contributed by atoms with E-state index in [2.05, 4.69) is 4.72 Å². The number of benzene rings is 4. The van der Waals surface area contributed by atoms with Crippen LogP contribution >= 0.6 is 11.6 Å². The first kappa shape index (κ1) is 27.3. The molecule has 0 radical (unpaired) electrons. The molecule has 1 aliphatic heterocycles. The molecule has 1 fully saturated rings. The maximum atomic E-state index is 13.1. The first-order valence-electron chi connectivity index (χ1n) is 12.4. The molecule has 1 amide bonds. The van der Waals surface area contributed by atoms with Gasteiger partial charge in [0.05, 0.1) is 9.79 Å². The fourth-order valence-corrected chi connectivity index (χ4v) is 7.10. The summed E-state index contributed by atoms with van der Waals surface area (Å²) < 4.78 is 52.8. The molecule has 1 unspecified atom stereocenters. The maximum absolute atomic E-state index is 13.1. The van der Waals surface area contributed by atoms with Gasteiger partial charge in [0.1, 0.15) is 0 Å². The van der Waals surface area contributed by atoms with E-state index in [1.165, 1.54) is 6.26 Å². The minimum Gasteiger partial charge on any atom is -0.338 e. The fourth-order valence-electron chi connectivity index (χ4n) is 4.86. The molecular formula is C29H27ClN2O5S2. The molecular weight excluding hydrogens is 556 g/mol. The smallest absolute Gasteiger partial charge is 0.253 e. The summed E-state index contributed by atoms with van der Waals surface area (Å²) in [5, 5.41) is 2.23. The standard InChI is InChI=1S/C29H27ClN2O5S2/c1-38(34,35)28-5-3-2-4-27(28)21-6-8-22(9-7-21)29(33)32-15-14-20(19-32)18-31-39(36,37)26-13-11-23-16-25(30)12-10-24(23)17-26/h2-13,16-17,20,31H,14-15,18-19H2,1H3. The maximum Gasteiger partial charge on any atom is 0.253 e. The minimum absolute atomic E-state index is 0.0103. The van der Waals surface area contributed by atoms with Gasteiger partial charge in [-0.05, 0) is 71.1 Å². The summed E-state index contributed by atoms with van der Waals surface area (Å²) in [7, 11) is -7.12. The summed E-state index contributed by atoms with van der Waals surface area (Å²) in [6.07, 6.45) is 1.86. The number of rotatable bonds is 7. The molecule has 39 heavy (non-hydrogen) atoms. The van der Waals surface area contributed by atoms with Crippen LogP contribution in [-0.2, 0) is 19.9 Å². The minimum atomic E-state index is -3.71. The van der Waals surface area contributed by atoms with Crippen LogP contribution in [0.15, 0.2) is 94.7 Å². The molecule has 1 heterocycles. The van der Waals surface area contributed by atoms with E-state index < -0.39 is 19.9 Å². The molecule has 1 aliphatic rings. The van der Waals surface area contributed by atoms with Crippen molar-refractivity contribution in [1.29, 1.82) is 0 Å². The molecule has 0 saturated carbocycles. The Labute approximate surface area is 233 Å². The molecule has 5 rings (SSSR count). The Bertz CT molecular complexity index is 1770. The Morgan fingerprint density at radius 1 is 0.923 bits per heavy atom. The van der Waals surface area contributed by atoms with Gasteiger partial charge in [-0.15, -0.1) is 0 Å². The number of hydrogen-bond acceptors (Lipinski definition) is 5. The number of sulfonamides is 1. The van der Waals surface area contributed by atoms with Crippen LogP contribution in [0.5, 0.6) is 0 Å². The van der Waals surface area contributed by atoms with Crippen LogP contribution in [0.2, 0.25) is 5.02 Å². The molecule has 0 aromatic heterocycles. The van der Waals surface area contributed by atoms with Gasteiger partial charge in [-0.3, -0.25) is 4.79 Å². The zero-order chi connectivity index (χ0) is 27.8. The highest BCUT2D eigenvalue weighted by Gasteiger charge is 2.28. The van der Waals surface area contributed by atoms with Gasteiger partial charge in [-0.1, -0.05) is 54.1 Å². The molecule has 4 aromatic carbocycles. The Morgan fingerprint density at radius 2 is 1.62 bits per heavy atom. The zero-order valence-corrected chi connectivity index (χ0v) is 23.6. The molecule has 10 heteroatoms. The molecule has 0 aliphatic carbocycles. The van der Waals surface area contributed by atoms with E-state index in [-0.39, 0.29) is 28.2 Å². The van der Waals surface area contributed by atoms with Crippen LogP contribution in [0.1, 0.15) is 16.8 Å². The second-order valence-corrected chi connectivity index (χ2v) is 13.9. The van der Waals surface area contributed by atoms with E-state index in [1.54, 1.807) is 89.8 Å². The topological polar surface area (TPSA) is 101 Å². The van der Waals surface area contributed by atoms with Crippen LogP contribution in [-0.4, -0.2) is 53.5 Å². The van der Waals surface area contributed by atoms with E-state index in [0.717, 1.165) is 10.8 Å². The van der Waals surface area contributed by atoms with Crippen molar-refractivity contribution in [3.05, 3.63) is 95.5 Å². The highest BCUT2D eigenvalue weighted by atomic mass is 35.5. The van der Waals surface area contributed by atoms with Crippen molar-refractivity contribution in [2.45, 2.75) is 16.2 Å².